The zero-order valence-electron chi connectivity index (χ0n) is 13.3. The van der Waals surface area contributed by atoms with Crippen LogP contribution in [0.25, 0.3) is 11.3 Å². The monoisotopic (exact) mass is 326 g/mol. The number of carbonyl (C=O) groups excluding carboxylic acids is 1. The smallest absolute Gasteiger partial charge is 0.276 e. The first-order valence-corrected chi connectivity index (χ1v) is 7.60. The van der Waals surface area contributed by atoms with Crippen molar-refractivity contribution in [2.24, 2.45) is 0 Å². The lowest BCUT2D eigenvalue weighted by molar-refractivity contribution is 0.0695. The Kier molecular flexibility index (Phi) is 4.72. The van der Waals surface area contributed by atoms with E-state index < -0.39 is 0 Å². The Labute approximate surface area is 138 Å². The van der Waals surface area contributed by atoms with Crippen molar-refractivity contribution in [1.82, 2.24) is 20.0 Å². The zero-order chi connectivity index (χ0) is 16.9. The Morgan fingerprint density at radius 3 is 2.79 bits per heavy atom. The van der Waals surface area contributed by atoms with Gasteiger partial charge in [0.25, 0.3) is 5.91 Å². The number of hydrogen-bond acceptors (Lipinski definition) is 5. The summed E-state index contributed by atoms with van der Waals surface area (Å²) in [6.07, 6.45) is 1.67. The molecule has 1 amide bonds. The molecule has 0 saturated heterocycles. The largest absolute Gasteiger partial charge is 0.395 e. The van der Waals surface area contributed by atoms with Crippen LogP contribution in [0.4, 0.5) is 0 Å². The van der Waals surface area contributed by atoms with Crippen LogP contribution in [0, 0.1) is 6.92 Å². The van der Waals surface area contributed by atoms with Crippen LogP contribution in [-0.2, 0) is 6.54 Å². The maximum Gasteiger partial charge on any atom is 0.276 e. The highest BCUT2D eigenvalue weighted by atomic mass is 16.5. The molecule has 2 aromatic heterocycles. The number of aliphatic hydroxyl groups is 1. The highest BCUT2D eigenvalue weighted by Gasteiger charge is 2.21. The summed E-state index contributed by atoms with van der Waals surface area (Å²) in [7, 11) is 0. The summed E-state index contributed by atoms with van der Waals surface area (Å²) in [6.45, 7) is 2.21. The SMILES string of the molecule is Cc1ncc(CN(CCO)C(=O)c2cc(-c3ccccc3)on2)[nH]1. The predicted octanol–water partition coefficient (Wildman–Crippen LogP) is 2.01. The van der Waals surface area contributed by atoms with Gasteiger partial charge in [0.05, 0.1) is 25.0 Å². The molecule has 7 nitrogen and oxygen atoms in total. The quantitative estimate of drug-likeness (QED) is 0.722. The van der Waals surface area contributed by atoms with Crippen LogP contribution in [-0.4, -0.2) is 44.2 Å². The van der Waals surface area contributed by atoms with Crippen LogP contribution in [0.5, 0.6) is 0 Å². The Morgan fingerprint density at radius 2 is 2.12 bits per heavy atom. The van der Waals surface area contributed by atoms with Crippen molar-refractivity contribution in [3.05, 3.63) is 59.8 Å². The standard InChI is InChI=1S/C17H18N4O3/c1-12-18-10-14(19-12)11-21(7-8-22)17(23)15-9-16(24-20-15)13-5-3-2-4-6-13/h2-6,9-10,22H,7-8,11H2,1H3,(H,18,19). The van der Waals surface area contributed by atoms with Crippen molar-refractivity contribution in [2.75, 3.05) is 13.2 Å². The van der Waals surface area contributed by atoms with E-state index in [4.69, 9.17) is 4.52 Å². The highest BCUT2D eigenvalue weighted by molar-refractivity contribution is 5.93. The normalized spacial score (nSPS) is 10.8. The van der Waals surface area contributed by atoms with E-state index in [1.807, 2.05) is 37.3 Å². The topological polar surface area (TPSA) is 95.2 Å². The molecular weight excluding hydrogens is 308 g/mol. The summed E-state index contributed by atoms with van der Waals surface area (Å²) < 4.78 is 5.27. The lowest BCUT2D eigenvalue weighted by Gasteiger charge is -2.19. The average Bonchev–Trinajstić information content (AvgIpc) is 3.24. The maximum atomic E-state index is 12.6. The fourth-order valence-electron chi connectivity index (χ4n) is 2.41. The lowest BCUT2D eigenvalue weighted by atomic mass is 10.1. The number of carbonyl (C=O) groups is 1. The van der Waals surface area contributed by atoms with Crippen molar-refractivity contribution >= 4 is 5.91 Å². The van der Waals surface area contributed by atoms with Gasteiger partial charge < -0.3 is 19.5 Å². The van der Waals surface area contributed by atoms with Gasteiger partial charge in [0.15, 0.2) is 11.5 Å². The minimum atomic E-state index is -0.303. The van der Waals surface area contributed by atoms with Crippen molar-refractivity contribution in [1.29, 1.82) is 0 Å². The van der Waals surface area contributed by atoms with Gasteiger partial charge in [-0.25, -0.2) is 4.98 Å². The summed E-state index contributed by atoms with van der Waals surface area (Å²) in [5, 5.41) is 13.1. The maximum absolute atomic E-state index is 12.6. The lowest BCUT2D eigenvalue weighted by Crippen LogP contribution is -2.33. The summed E-state index contributed by atoms with van der Waals surface area (Å²) in [5.41, 5.74) is 1.85. The van der Waals surface area contributed by atoms with Gasteiger partial charge in [-0.05, 0) is 6.92 Å². The Bertz CT molecular complexity index is 810. The van der Waals surface area contributed by atoms with E-state index in [1.165, 1.54) is 4.90 Å². The number of hydrogen-bond donors (Lipinski definition) is 2. The van der Waals surface area contributed by atoms with Gasteiger partial charge >= 0.3 is 0 Å². The molecule has 3 rings (SSSR count). The van der Waals surface area contributed by atoms with Gasteiger partial charge in [0, 0.05) is 18.2 Å². The molecule has 1 aromatic carbocycles. The molecule has 3 aromatic rings. The van der Waals surface area contributed by atoms with Gasteiger partial charge in [0.1, 0.15) is 5.82 Å². The van der Waals surface area contributed by atoms with E-state index in [1.54, 1.807) is 12.3 Å². The number of aromatic amines is 1. The minimum absolute atomic E-state index is 0.137. The summed E-state index contributed by atoms with van der Waals surface area (Å²) in [4.78, 5) is 21.3. The summed E-state index contributed by atoms with van der Waals surface area (Å²) in [5.74, 6) is 0.997. The predicted molar refractivity (Wildman–Crippen MR) is 87.1 cm³/mol. The second-order valence-electron chi connectivity index (χ2n) is 5.39. The van der Waals surface area contributed by atoms with Crippen LogP contribution in [0.2, 0.25) is 0 Å². The molecule has 0 aliphatic carbocycles. The molecule has 0 spiro atoms. The molecule has 24 heavy (non-hydrogen) atoms. The Hall–Kier alpha value is -2.93. The van der Waals surface area contributed by atoms with Crippen molar-refractivity contribution in [2.45, 2.75) is 13.5 Å². The number of nitrogens with one attached hydrogen (secondary N) is 1. The second-order valence-corrected chi connectivity index (χ2v) is 5.39. The number of aliphatic hydroxyl groups excluding tert-OH is 1. The van der Waals surface area contributed by atoms with Gasteiger partial charge in [-0.3, -0.25) is 4.79 Å². The zero-order valence-corrected chi connectivity index (χ0v) is 13.3. The van der Waals surface area contributed by atoms with Crippen LogP contribution in [0.15, 0.2) is 47.1 Å². The van der Waals surface area contributed by atoms with Gasteiger partial charge in [0.2, 0.25) is 0 Å². The first kappa shape index (κ1) is 15.9. The fourth-order valence-corrected chi connectivity index (χ4v) is 2.41. The fraction of sp³-hybridized carbons (Fsp3) is 0.235. The summed E-state index contributed by atoms with van der Waals surface area (Å²) >= 11 is 0. The molecule has 0 saturated carbocycles. The van der Waals surface area contributed by atoms with Gasteiger partial charge in [-0.1, -0.05) is 35.5 Å². The van der Waals surface area contributed by atoms with Crippen LogP contribution in [0.3, 0.4) is 0 Å². The molecule has 0 unspecified atom stereocenters. The van der Waals surface area contributed by atoms with E-state index in [2.05, 4.69) is 15.1 Å². The van der Waals surface area contributed by atoms with Gasteiger partial charge in [-0.2, -0.15) is 0 Å². The number of benzene rings is 1. The third kappa shape index (κ3) is 3.52. The first-order chi connectivity index (χ1) is 11.7. The Morgan fingerprint density at radius 1 is 1.33 bits per heavy atom. The van der Waals surface area contributed by atoms with Crippen molar-refractivity contribution < 1.29 is 14.4 Å². The first-order valence-electron chi connectivity index (χ1n) is 7.60. The molecule has 0 aliphatic heterocycles. The van der Waals surface area contributed by atoms with E-state index in [9.17, 15) is 9.90 Å². The number of rotatable bonds is 6. The molecule has 124 valence electrons. The van der Waals surface area contributed by atoms with E-state index in [0.717, 1.165) is 17.1 Å². The van der Waals surface area contributed by atoms with Gasteiger partial charge in [-0.15, -0.1) is 0 Å². The highest BCUT2D eigenvalue weighted by Crippen LogP contribution is 2.20. The molecule has 0 aliphatic rings. The molecule has 2 N–H and O–H groups in total. The third-order valence-electron chi connectivity index (χ3n) is 3.56. The third-order valence-corrected chi connectivity index (χ3v) is 3.56. The summed E-state index contributed by atoms with van der Waals surface area (Å²) in [6, 6.07) is 11.1. The molecule has 0 radical (unpaired) electrons. The van der Waals surface area contributed by atoms with E-state index in [0.29, 0.717) is 12.3 Å². The van der Waals surface area contributed by atoms with Crippen LogP contribution in [0.1, 0.15) is 22.0 Å². The second kappa shape index (κ2) is 7.10. The number of amides is 1. The van der Waals surface area contributed by atoms with Crippen molar-refractivity contribution in [3.63, 3.8) is 0 Å². The van der Waals surface area contributed by atoms with Crippen molar-refractivity contribution in [3.8, 4) is 11.3 Å². The van der Waals surface area contributed by atoms with E-state index >= 15 is 0 Å². The molecule has 0 atom stereocenters. The van der Waals surface area contributed by atoms with Crippen LogP contribution >= 0.6 is 0 Å². The number of imidazole rings is 1. The number of aryl methyl sites for hydroxylation is 1. The average molecular weight is 326 g/mol. The number of nitrogens with zero attached hydrogens (tertiary/aromatic N) is 3. The van der Waals surface area contributed by atoms with E-state index in [-0.39, 0.29) is 24.8 Å². The molecule has 2 heterocycles. The molecular formula is C17H18N4O3. The van der Waals surface area contributed by atoms with Crippen LogP contribution < -0.4 is 0 Å². The Balaban J connectivity index is 1.79. The molecule has 0 fully saturated rings. The number of H-pyrrole nitrogens is 1. The minimum Gasteiger partial charge on any atom is -0.395 e. The molecule has 7 heteroatoms. The number of aromatic nitrogens is 3. The molecule has 0 bridgehead atoms.